The van der Waals surface area contributed by atoms with Gasteiger partial charge in [-0.2, -0.15) is 0 Å². The molecule has 90 valence electrons. The van der Waals surface area contributed by atoms with E-state index in [2.05, 4.69) is 16.6 Å². The van der Waals surface area contributed by atoms with E-state index in [4.69, 9.17) is 6.42 Å². The monoisotopic (exact) mass is 258 g/mol. The van der Waals surface area contributed by atoms with Crippen molar-refractivity contribution in [1.29, 1.82) is 0 Å². The molecule has 0 unspecified atom stereocenters. The summed E-state index contributed by atoms with van der Waals surface area (Å²) in [4.78, 5) is 22.7. The molecule has 0 bridgehead atoms. The van der Waals surface area contributed by atoms with E-state index in [0.29, 0.717) is 11.4 Å². The lowest BCUT2D eigenvalue weighted by atomic mass is 10.2. The molecule has 1 aromatic rings. The molecule has 0 saturated carbocycles. The Morgan fingerprint density at radius 1 is 1.33 bits per heavy atom. The average Bonchev–Trinajstić information content (AvgIpc) is 2.67. The van der Waals surface area contributed by atoms with Gasteiger partial charge in [-0.1, -0.05) is 18.1 Å². The van der Waals surface area contributed by atoms with E-state index in [1.54, 1.807) is 6.08 Å². The molecule has 2 N–H and O–H groups in total. The van der Waals surface area contributed by atoms with Crippen molar-refractivity contribution in [3.05, 3.63) is 34.7 Å². The molecule has 1 fully saturated rings. The third-order valence-corrected chi connectivity index (χ3v) is 3.06. The van der Waals surface area contributed by atoms with Gasteiger partial charge in [-0.25, -0.2) is 0 Å². The summed E-state index contributed by atoms with van der Waals surface area (Å²) in [6.45, 7) is 0.465. The van der Waals surface area contributed by atoms with Crippen molar-refractivity contribution in [2.45, 2.75) is 0 Å². The number of hydrogen-bond acceptors (Lipinski definition) is 4. The van der Waals surface area contributed by atoms with E-state index in [1.165, 1.54) is 0 Å². The maximum atomic E-state index is 11.3. The topological polar surface area (TPSA) is 58.2 Å². The standard InChI is InChI=1S/C13H10N2O2S/c1-2-7-14-10-5-3-9(4-6-10)8-11-12(16)15-13(17)18-11/h1,3-6,8,14H,7H2,(H,15,16,17)/b11-8+. The van der Waals surface area contributed by atoms with Crippen LogP contribution in [0.4, 0.5) is 10.5 Å². The van der Waals surface area contributed by atoms with Crippen LogP contribution < -0.4 is 10.6 Å². The lowest BCUT2D eigenvalue weighted by molar-refractivity contribution is -0.115. The fourth-order valence-electron chi connectivity index (χ4n) is 1.42. The lowest BCUT2D eigenvalue weighted by Crippen LogP contribution is -2.17. The van der Waals surface area contributed by atoms with Crippen molar-refractivity contribution < 1.29 is 9.59 Å². The number of terminal acetylenes is 1. The van der Waals surface area contributed by atoms with Crippen molar-refractivity contribution in [1.82, 2.24) is 5.32 Å². The summed E-state index contributed by atoms with van der Waals surface area (Å²) in [5.74, 6) is 2.14. The van der Waals surface area contributed by atoms with Gasteiger partial charge in [0.05, 0.1) is 11.4 Å². The fourth-order valence-corrected chi connectivity index (χ4v) is 2.10. The van der Waals surface area contributed by atoms with E-state index in [-0.39, 0.29) is 11.1 Å². The minimum atomic E-state index is -0.348. The molecule has 5 heteroatoms. The van der Waals surface area contributed by atoms with Crippen molar-refractivity contribution in [3.8, 4) is 12.3 Å². The number of hydrogen-bond donors (Lipinski definition) is 2. The highest BCUT2D eigenvalue weighted by atomic mass is 32.2. The smallest absolute Gasteiger partial charge is 0.290 e. The molecule has 1 heterocycles. The molecule has 0 aliphatic carbocycles. The molecule has 0 aromatic heterocycles. The normalized spacial score (nSPS) is 16.5. The van der Waals surface area contributed by atoms with Crippen LogP contribution in [0.15, 0.2) is 29.2 Å². The fraction of sp³-hybridized carbons (Fsp3) is 0.0769. The van der Waals surface area contributed by atoms with E-state index < -0.39 is 0 Å². The van der Waals surface area contributed by atoms with Crippen LogP contribution in [0.2, 0.25) is 0 Å². The molecule has 2 rings (SSSR count). The molecule has 0 spiro atoms. The summed E-state index contributed by atoms with van der Waals surface area (Å²) in [6, 6.07) is 7.43. The third kappa shape index (κ3) is 2.93. The van der Waals surface area contributed by atoms with Crippen LogP contribution in [0.3, 0.4) is 0 Å². The number of carbonyl (C=O) groups is 2. The zero-order chi connectivity index (χ0) is 13.0. The Morgan fingerprint density at radius 2 is 2.06 bits per heavy atom. The van der Waals surface area contributed by atoms with Crippen molar-refractivity contribution in [2.24, 2.45) is 0 Å². The van der Waals surface area contributed by atoms with Gasteiger partial charge in [-0.15, -0.1) is 6.42 Å². The molecule has 18 heavy (non-hydrogen) atoms. The largest absolute Gasteiger partial charge is 0.374 e. The molecule has 4 nitrogen and oxygen atoms in total. The van der Waals surface area contributed by atoms with Crippen LogP contribution in [0, 0.1) is 12.3 Å². The number of benzene rings is 1. The summed E-state index contributed by atoms with van der Waals surface area (Å²) < 4.78 is 0. The first kappa shape index (κ1) is 12.3. The summed E-state index contributed by atoms with van der Waals surface area (Å²) >= 11 is 0.906. The highest BCUT2D eigenvalue weighted by Gasteiger charge is 2.24. The second kappa shape index (κ2) is 5.43. The maximum absolute atomic E-state index is 11.3. The molecule has 1 aromatic carbocycles. The number of amides is 2. The zero-order valence-electron chi connectivity index (χ0n) is 9.40. The maximum Gasteiger partial charge on any atom is 0.290 e. The molecule has 0 atom stereocenters. The minimum Gasteiger partial charge on any atom is -0.374 e. The Balaban J connectivity index is 2.11. The number of nitrogens with one attached hydrogen (secondary N) is 2. The molecular formula is C13H10N2O2S. The van der Waals surface area contributed by atoms with Gasteiger partial charge >= 0.3 is 0 Å². The van der Waals surface area contributed by atoms with Gasteiger partial charge in [0.15, 0.2) is 0 Å². The van der Waals surface area contributed by atoms with Crippen molar-refractivity contribution in [3.63, 3.8) is 0 Å². The number of imide groups is 1. The Hall–Kier alpha value is -2.19. The van der Waals surface area contributed by atoms with Gasteiger partial charge in [0.25, 0.3) is 11.1 Å². The number of rotatable bonds is 3. The Morgan fingerprint density at radius 3 is 2.61 bits per heavy atom. The van der Waals surface area contributed by atoms with Crippen LogP contribution in [0.5, 0.6) is 0 Å². The van der Waals surface area contributed by atoms with Crippen molar-refractivity contribution in [2.75, 3.05) is 11.9 Å². The Kier molecular flexibility index (Phi) is 3.70. The SMILES string of the molecule is C#CCNc1ccc(/C=C2/SC(=O)NC2=O)cc1. The van der Waals surface area contributed by atoms with Gasteiger partial charge in [0, 0.05) is 5.69 Å². The molecule has 1 saturated heterocycles. The van der Waals surface area contributed by atoms with Crippen LogP contribution in [0.25, 0.3) is 6.08 Å². The van der Waals surface area contributed by atoms with E-state index in [0.717, 1.165) is 23.0 Å². The van der Waals surface area contributed by atoms with Crippen LogP contribution in [-0.2, 0) is 4.79 Å². The molecule has 2 amide bonds. The second-order valence-corrected chi connectivity index (χ2v) is 4.55. The Labute approximate surface area is 109 Å². The van der Waals surface area contributed by atoms with Gasteiger partial charge < -0.3 is 5.32 Å². The van der Waals surface area contributed by atoms with Crippen LogP contribution >= 0.6 is 11.8 Å². The quantitative estimate of drug-likeness (QED) is 0.643. The summed E-state index contributed by atoms with van der Waals surface area (Å²) in [6.07, 6.45) is 6.82. The Bertz CT molecular complexity index is 555. The second-order valence-electron chi connectivity index (χ2n) is 3.53. The average molecular weight is 258 g/mol. The summed E-state index contributed by atoms with van der Waals surface area (Å²) in [5, 5.41) is 4.91. The van der Waals surface area contributed by atoms with Gasteiger partial charge in [-0.05, 0) is 35.5 Å². The van der Waals surface area contributed by atoms with Crippen molar-refractivity contribution >= 4 is 34.7 Å². The first-order chi connectivity index (χ1) is 8.69. The van der Waals surface area contributed by atoms with Crippen LogP contribution in [0.1, 0.15) is 5.56 Å². The molecule has 1 aliphatic rings. The highest BCUT2D eigenvalue weighted by Crippen LogP contribution is 2.25. The molecule has 0 radical (unpaired) electrons. The first-order valence-corrected chi connectivity index (χ1v) is 6.03. The van der Waals surface area contributed by atoms with Crippen LogP contribution in [-0.4, -0.2) is 17.7 Å². The van der Waals surface area contributed by atoms with Gasteiger partial charge in [-0.3, -0.25) is 14.9 Å². The van der Waals surface area contributed by atoms with Gasteiger partial charge in [0.2, 0.25) is 0 Å². The number of anilines is 1. The molecular weight excluding hydrogens is 248 g/mol. The predicted molar refractivity (Wildman–Crippen MR) is 72.9 cm³/mol. The predicted octanol–water partition coefficient (Wildman–Crippen LogP) is 2.06. The number of carbonyl (C=O) groups excluding carboxylic acids is 2. The highest BCUT2D eigenvalue weighted by molar-refractivity contribution is 8.18. The number of thioether (sulfide) groups is 1. The third-order valence-electron chi connectivity index (χ3n) is 2.25. The van der Waals surface area contributed by atoms with E-state index in [9.17, 15) is 9.59 Å². The van der Waals surface area contributed by atoms with Gasteiger partial charge in [0.1, 0.15) is 0 Å². The zero-order valence-corrected chi connectivity index (χ0v) is 10.2. The summed E-state index contributed by atoms with van der Waals surface area (Å²) in [7, 11) is 0. The summed E-state index contributed by atoms with van der Waals surface area (Å²) in [5.41, 5.74) is 1.77. The molecule has 1 aliphatic heterocycles. The van der Waals surface area contributed by atoms with E-state index >= 15 is 0 Å². The first-order valence-electron chi connectivity index (χ1n) is 5.21. The minimum absolute atomic E-state index is 0.335. The lowest BCUT2D eigenvalue weighted by Gasteiger charge is -2.02. The van der Waals surface area contributed by atoms with E-state index in [1.807, 2.05) is 24.3 Å².